The second kappa shape index (κ2) is 12.6. The van der Waals surface area contributed by atoms with Crippen LogP contribution in [0.4, 0.5) is 0 Å². The van der Waals surface area contributed by atoms with Crippen molar-refractivity contribution in [1.29, 1.82) is 0 Å². The molecule has 2 saturated heterocycles. The van der Waals surface area contributed by atoms with Crippen LogP contribution in [0.2, 0.25) is 0 Å². The number of unbranched alkanes of at least 4 members (excludes halogenated alkanes) is 5. The molecule has 36 heavy (non-hydrogen) atoms. The normalized spacial score (nSPS) is 24.9. The molecule has 192 valence electrons. The molecule has 0 radical (unpaired) electrons. The van der Waals surface area contributed by atoms with E-state index in [0.29, 0.717) is 6.61 Å². The molecule has 0 amide bonds. The highest BCUT2D eigenvalue weighted by Gasteiger charge is 2.34. The van der Waals surface area contributed by atoms with E-state index in [4.69, 9.17) is 18.9 Å². The van der Waals surface area contributed by atoms with Gasteiger partial charge in [-0.05, 0) is 48.2 Å². The van der Waals surface area contributed by atoms with Crippen molar-refractivity contribution in [2.45, 2.75) is 82.0 Å². The fourth-order valence-electron chi connectivity index (χ4n) is 4.88. The first-order valence-electron chi connectivity index (χ1n) is 13.9. The summed E-state index contributed by atoms with van der Waals surface area (Å²) in [6.45, 7) is 4.56. The summed E-state index contributed by atoms with van der Waals surface area (Å²) in [5.41, 5.74) is 2.54. The van der Waals surface area contributed by atoms with Gasteiger partial charge < -0.3 is 18.9 Å². The number of rotatable bonds is 15. The number of allylic oxidation sites excluding steroid dienone is 4. The van der Waals surface area contributed by atoms with Gasteiger partial charge in [0, 0.05) is 11.8 Å². The van der Waals surface area contributed by atoms with Gasteiger partial charge in [-0.2, -0.15) is 0 Å². The summed E-state index contributed by atoms with van der Waals surface area (Å²) in [5.74, 6) is 2.41. The lowest BCUT2D eigenvalue weighted by molar-refractivity contribution is 0.147. The summed E-state index contributed by atoms with van der Waals surface area (Å²) in [6, 6.07) is 17.0. The van der Waals surface area contributed by atoms with Crippen LogP contribution >= 0.6 is 0 Å². The molecule has 0 saturated carbocycles. The van der Waals surface area contributed by atoms with Crippen molar-refractivity contribution in [2.75, 3.05) is 19.8 Å². The van der Waals surface area contributed by atoms with Crippen LogP contribution in [0.15, 0.2) is 72.8 Å². The summed E-state index contributed by atoms with van der Waals surface area (Å²) in [6.07, 6.45) is 18.8. The maximum absolute atomic E-state index is 6.44. The lowest BCUT2D eigenvalue weighted by Crippen LogP contribution is -2.23. The second-order valence-electron chi connectivity index (χ2n) is 10.3. The molecule has 0 bridgehead atoms. The third-order valence-electron chi connectivity index (χ3n) is 7.30. The highest BCUT2D eigenvalue weighted by Crippen LogP contribution is 2.33. The van der Waals surface area contributed by atoms with Crippen LogP contribution in [0.5, 0.6) is 11.5 Å². The first kappa shape index (κ1) is 25.1. The molecule has 2 aromatic rings. The van der Waals surface area contributed by atoms with E-state index in [1.165, 1.54) is 49.7 Å². The summed E-state index contributed by atoms with van der Waals surface area (Å²) >= 11 is 0. The van der Waals surface area contributed by atoms with E-state index in [2.05, 4.69) is 79.8 Å². The smallest absolute Gasteiger partial charge is 0.127 e. The molecule has 2 aliphatic heterocycles. The molecule has 3 atom stereocenters. The minimum atomic E-state index is 0.164. The quantitative estimate of drug-likeness (QED) is 0.149. The summed E-state index contributed by atoms with van der Waals surface area (Å²) in [5, 5.41) is 0. The van der Waals surface area contributed by atoms with Gasteiger partial charge in [0.05, 0.1) is 13.2 Å². The van der Waals surface area contributed by atoms with E-state index < -0.39 is 0 Å². The van der Waals surface area contributed by atoms with Crippen LogP contribution in [-0.4, -0.2) is 38.1 Å². The standard InChI is InChI=1S/C32H40O4/c1-2-3-4-5-6-7-11-31(32-23-35-32)36-29-10-8-9-27(20-29)26-14-12-24(13-15-26)25-16-18-28(19-17-25)33-21-30-22-34-30/h8-10,12-20,24,26,30-32H,2-7,11,21-23H2,1H3. The monoisotopic (exact) mass is 488 g/mol. The van der Waals surface area contributed by atoms with Crippen LogP contribution in [0.1, 0.15) is 74.8 Å². The van der Waals surface area contributed by atoms with Gasteiger partial charge in [-0.3, -0.25) is 0 Å². The van der Waals surface area contributed by atoms with E-state index in [1.54, 1.807) is 0 Å². The minimum absolute atomic E-state index is 0.164. The topological polar surface area (TPSA) is 43.5 Å². The Kier molecular flexibility index (Phi) is 8.79. The molecular formula is C32H40O4. The lowest BCUT2D eigenvalue weighted by atomic mass is 9.87. The molecule has 0 N–H and O–H groups in total. The number of hydrogen-bond donors (Lipinski definition) is 0. The Labute approximate surface area is 216 Å². The summed E-state index contributed by atoms with van der Waals surface area (Å²) in [7, 11) is 0. The number of hydrogen-bond acceptors (Lipinski definition) is 4. The molecule has 4 heteroatoms. The first-order valence-corrected chi connectivity index (χ1v) is 13.9. The van der Waals surface area contributed by atoms with Crippen molar-refractivity contribution >= 4 is 0 Å². The van der Waals surface area contributed by atoms with Gasteiger partial charge >= 0.3 is 0 Å². The van der Waals surface area contributed by atoms with Crippen LogP contribution in [-0.2, 0) is 9.47 Å². The van der Waals surface area contributed by atoms with Gasteiger partial charge in [0.15, 0.2) is 0 Å². The van der Waals surface area contributed by atoms with Gasteiger partial charge in [-0.1, -0.05) is 87.6 Å². The highest BCUT2D eigenvalue weighted by molar-refractivity contribution is 5.41. The van der Waals surface area contributed by atoms with Crippen molar-refractivity contribution in [1.82, 2.24) is 0 Å². The third-order valence-corrected chi connectivity index (χ3v) is 7.30. The zero-order valence-corrected chi connectivity index (χ0v) is 21.5. The Balaban J connectivity index is 1.12. The molecule has 0 aromatic heterocycles. The van der Waals surface area contributed by atoms with Gasteiger partial charge in [0.2, 0.25) is 0 Å². The predicted octanol–water partition coefficient (Wildman–Crippen LogP) is 7.35. The fourth-order valence-corrected chi connectivity index (χ4v) is 4.88. The van der Waals surface area contributed by atoms with Crippen LogP contribution in [0.3, 0.4) is 0 Å². The van der Waals surface area contributed by atoms with Crippen molar-refractivity contribution in [3.63, 3.8) is 0 Å². The maximum Gasteiger partial charge on any atom is 0.127 e. The van der Waals surface area contributed by atoms with Crippen LogP contribution in [0, 0.1) is 0 Å². The van der Waals surface area contributed by atoms with Crippen molar-refractivity contribution < 1.29 is 18.9 Å². The number of ether oxygens (including phenoxy) is 4. The van der Waals surface area contributed by atoms with Gasteiger partial charge in [0.25, 0.3) is 0 Å². The Morgan fingerprint density at radius 1 is 0.778 bits per heavy atom. The Morgan fingerprint density at radius 2 is 1.47 bits per heavy atom. The predicted molar refractivity (Wildman–Crippen MR) is 144 cm³/mol. The molecule has 2 heterocycles. The van der Waals surface area contributed by atoms with Crippen LogP contribution < -0.4 is 9.47 Å². The van der Waals surface area contributed by atoms with Gasteiger partial charge in [-0.15, -0.1) is 0 Å². The lowest BCUT2D eigenvalue weighted by Gasteiger charge is -2.20. The van der Waals surface area contributed by atoms with E-state index >= 15 is 0 Å². The van der Waals surface area contributed by atoms with Crippen molar-refractivity contribution in [3.8, 4) is 11.5 Å². The van der Waals surface area contributed by atoms with Crippen LogP contribution in [0.25, 0.3) is 0 Å². The molecule has 5 rings (SSSR count). The Hall–Kier alpha value is -2.56. The van der Waals surface area contributed by atoms with Crippen molar-refractivity contribution in [2.24, 2.45) is 0 Å². The molecule has 2 aromatic carbocycles. The van der Waals surface area contributed by atoms with Gasteiger partial charge in [0.1, 0.15) is 36.4 Å². The second-order valence-corrected chi connectivity index (χ2v) is 10.3. The number of benzene rings is 2. The average Bonchev–Trinajstić information content (AvgIpc) is 3.84. The Bertz CT molecular complexity index is 989. The minimum Gasteiger partial charge on any atom is -0.491 e. The highest BCUT2D eigenvalue weighted by atomic mass is 16.6. The van der Waals surface area contributed by atoms with Gasteiger partial charge in [-0.25, -0.2) is 0 Å². The molecule has 2 fully saturated rings. The fraction of sp³-hybridized carbons (Fsp3) is 0.500. The number of epoxide rings is 2. The summed E-state index contributed by atoms with van der Waals surface area (Å²) < 4.78 is 23.0. The molecule has 3 aliphatic rings. The molecular weight excluding hydrogens is 448 g/mol. The zero-order valence-electron chi connectivity index (χ0n) is 21.5. The van der Waals surface area contributed by atoms with E-state index in [1.807, 2.05) is 0 Å². The SMILES string of the molecule is CCCCCCCCC(Oc1cccc(C2C=CC(c3ccc(OCC4CO4)cc3)C=C2)c1)C1CO1. The zero-order chi connectivity index (χ0) is 24.6. The molecule has 1 aliphatic carbocycles. The Morgan fingerprint density at radius 3 is 2.17 bits per heavy atom. The maximum atomic E-state index is 6.44. The largest absolute Gasteiger partial charge is 0.491 e. The summed E-state index contributed by atoms with van der Waals surface area (Å²) in [4.78, 5) is 0. The average molecular weight is 489 g/mol. The molecule has 0 spiro atoms. The van der Waals surface area contributed by atoms with E-state index in [9.17, 15) is 0 Å². The third kappa shape index (κ3) is 7.47. The first-order chi connectivity index (χ1) is 17.8. The van der Waals surface area contributed by atoms with E-state index in [0.717, 1.165) is 31.1 Å². The molecule has 4 nitrogen and oxygen atoms in total. The van der Waals surface area contributed by atoms with Crippen molar-refractivity contribution in [3.05, 3.63) is 84.0 Å². The van der Waals surface area contributed by atoms with E-state index in [-0.39, 0.29) is 30.1 Å². The molecule has 3 unspecified atom stereocenters.